The largest absolute Gasteiger partial charge is 0.445 e. The summed E-state index contributed by atoms with van der Waals surface area (Å²) in [6.07, 6.45) is 0.730. The summed E-state index contributed by atoms with van der Waals surface area (Å²) >= 11 is 0. The second kappa shape index (κ2) is 12.0. The fourth-order valence-electron chi connectivity index (χ4n) is 3.39. The SMILES string of the molecule is Cc1cccnc1Oc1ccc(C[C@@H](CO)N(CC(C)O)C(=O)OCc2ccccc2)cc1. The Morgan fingerprint density at radius 1 is 1.03 bits per heavy atom. The van der Waals surface area contributed by atoms with Crippen molar-refractivity contribution in [1.29, 1.82) is 0 Å². The minimum absolute atomic E-state index is 0.0546. The number of ether oxygens (including phenoxy) is 2. The van der Waals surface area contributed by atoms with E-state index in [9.17, 15) is 15.0 Å². The predicted octanol–water partition coefficient (Wildman–Crippen LogP) is 4.11. The van der Waals surface area contributed by atoms with E-state index in [0.29, 0.717) is 18.1 Å². The Morgan fingerprint density at radius 3 is 2.39 bits per heavy atom. The summed E-state index contributed by atoms with van der Waals surface area (Å²) in [5.74, 6) is 1.19. The van der Waals surface area contributed by atoms with E-state index in [1.807, 2.05) is 73.7 Å². The predicted molar refractivity (Wildman–Crippen MR) is 125 cm³/mol. The zero-order valence-corrected chi connectivity index (χ0v) is 18.9. The van der Waals surface area contributed by atoms with Crippen LogP contribution in [0.15, 0.2) is 72.9 Å². The van der Waals surface area contributed by atoms with Gasteiger partial charge in [-0.1, -0.05) is 48.5 Å². The zero-order chi connectivity index (χ0) is 23.6. The Labute approximate surface area is 194 Å². The van der Waals surface area contributed by atoms with Crippen LogP contribution in [0.1, 0.15) is 23.6 Å². The summed E-state index contributed by atoms with van der Waals surface area (Å²) in [7, 11) is 0. The van der Waals surface area contributed by atoms with Gasteiger partial charge in [0.2, 0.25) is 5.88 Å². The topological polar surface area (TPSA) is 92.1 Å². The molecule has 0 aliphatic heterocycles. The highest BCUT2D eigenvalue weighted by atomic mass is 16.6. The number of nitrogens with zero attached hydrogens (tertiary/aromatic N) is 2. The van der Waals surface area contributed by atoms with Crippen LogP contribution < -0.4 is 4.74 Å². The highest BCUT2D eigenvalue weighted by Crippen LogP contribution is 2.23. The molecule has 0 radical (unpaired) electrons. The molecule has 0 bridgehead atoms. The second-order valence-corrected chi connectivity index (χ2v) is 7.95. The number of aliphatic hydroxyl groups excluding tert-OH is 2. The summed E-state index contributed by atoms with van der Waals surface area (Å²) < 4.78 is 11.3. The van der Waals surface area contributed by atoms with Crippen LogP contribution in [0.4, 0.5) is 4.79 Å². The van der Waals surface area contributed by atoms with E-state index in [4.69, 9.17) is 9.47 Å². The van der Waals surface area contributed by atoms with Crippen LogP contribution in [0, 0.1) is 6.92 Å². The highest BCUT2D eigenvalue weighted by Gasteiger charge is 2.26. The Hall–Kier alpha value is -3.42. The number of hydrogen-bond donors (Lipinski definition) is 2. The number of carbonyl (C=O) groups excluding carboxylic acids is 1. The maximum Gasteiger partial charge on any atom is 0.410 e. The lowest BCUT2D eigenvalue weighted by molar-refractivity contribution is 0.0412. The number of amides is 1. The molecule has 33 heavy (non-hydrogen) atoms. The molecule has 0 aliphatic rings. The molecule has 1 unspecified atom stereocenters. The number of aliphatic hydroxyl groups is 2. The molecule has 2 atom stereocenters. The molecule has 2 aromatic carbocycles. The van der Waals surface area contributed by atoms with Gasteiger partial charge in [0.1, 0.15) is 12.4 Å². The lowest BCUT2D eigenvalue weighted by Crippen LogP contribution is -2.47. The standard InChI is InChI=1S/C26H30N2O5/c1-19-7-6-14-27-25(19)33-24-12-10-21(11-13-24)15-23(17-29)28(16-20(2)30)26(31)32-18-22-8-4-3-5-9-22/h3-14,20,23,29-30H,15-18H2,1-2H3/t20?,23-/m0/s1. The minimum atomic E-state index is -0.763. The molecular weight excluding hydrogens is 420 g/mol. The fourth-order valence-corrected chi connectivity index (χ4v) is 3.39. The van der Waals surface area contributed by atoms with Gasteiger partial charge in [-0.15, -0.1) is 0 Å². The van der Waals surface area contributed by atoms with Crippen LogP contribution in [0.2, 0.25) is 0 Å². The highest BCUT2D eigenvalue weighted by molar-refractivity contribution is 5.68. The molecule has 0 fully saturated rings. The van der Waals surface area contributed by atoms with E-state index in [2.05, 4.69) is 4.98 Å². The lowest BCUT2D eigenvalue weighted by atomic mass is 10.0. The summed E-state index contributed by atoms with van der Waals surface area (Å²) in [5.41, 5.74) is 2.71. The molecule has 174 valence electrons. The van der Waals surface area contributed by atoms with Gasteiger partial charge in [-0.25, -0.2) is 9.78 Å². The van der Waals surface area contributed by atoms with Crippen molar-refractivity contribution in [2.24, 2.45) is 0 Å². The first kappa shape index (κ1) is 24.2. The molecule has 7 nitrogen and oxygen atoms in total. The van der Waals surface area contributed by atoms with E-state index in [0.717, 1.165) is 16.7 Å². The normalized spacial score (nSPS) is 12.6. The average Bonchev–Trinajstić information content (AvgIpc) is 2.82. The van der Waals surface area contributed by atoms with Crippen molar-refractivity contribution < 1.29 is 24.5 Å². The summed E-state index contributed by atoms with van der Waals surface area (Å²) in [6.45, 7) is 3.43. The van der Waals surface area contributed by atoms with Crippen molar-refractivity contribution >= 4 is 6.09 Å². The number of pyridine rings is 1. The molecule has 0 saturated heterocycles. The van der Waals surface area contributed by atoms with Gasteiger partial charge < -0.3 is 24.6 Å². The van der Waals surface area contributed by atoms with Crippen molar-refractivity contribution in [3.63, 3.8) is 0 Å². The smallest absolute Gasteiger partial charge is 0.410 e. The van der Waals surface area contributed by atoms with Gasteiger partial charge >= 0.3 is 6.09 Å². The number of aryl methyl sites for hydroxylation is 1. The van der Waals surface area contributed by atoms with Gasteiger partial charge in [0.25, 0.3) is 0 Å². The first-order chi connectivity index (χ1) is 16.0. The number of hydrogen-bond acceptors (Lipinski definition) is 6. The Balaban J connectivity index is 1.66. The molecule has 0 aliphatic carbocycles. The maximum absolute atomic E-state index is 12.8. The van der Waals surface area contributed by atoms with E-state index < -0.39 is 18.2 Å². The fraction of sp³-hybridized carbons (Fsp3) is 0.308. The van der Waals surface area contributed by atoms with Crippen LogP contribution in [0.25, 0.3) is 0 Å². The van der Waals surface area contributed by atoms with Gasteiger partial charge in [-0.2, -0.15) is 0 Å². The number of rotatable bonds is 10. The van der Waals surface area contributed by atoms with Gasteiger partial charge in [-0.05, 0) is 49.6 Å². The zero-order valence-electron chi connectivity index (χ0n) is 18.9. The van der Waals surface area contributed by atoms with Gasteiger partial charge in [0.05, 0.1) is 25.3 Å². The molecule has 1 aromatic heterocycles. The van der Waals surface area contributed by atoms with E-state index in [-0.39, 0.29) is 19.8 Å². The Morgan fingerprint density at radius 2 is 1.76 bits per heavy atom. The molecule has 1 heterocycles. The number of carbonyl (C=O) groups is 1. The molecule has 2 N–H and O–H groups in total. The van der Waals surface area contributed by atoms with E-state index in [1.165, 1.54) is 4.90 Å². The minimum Gasteiger partial charge on any atom is -0.445 e. The first-order valence-corrected chi connectivity index (χ1v) is 10.9. The monoisotopic (exact) mass is 450 g/mol. The quantitative estimate of drug-likeness (QED) is 0.483. The molecule has 3 rings (SSSR count). The van der Waals surface area contributed by atoms with Crippen molar-refractivity contribution in [2.45, 2.75) is 39.0 Å². The third kappa shape index (κ3) is 7.30. The van der Waals surface area contributed by atoms with Crippen LogP contribution >= 0.6 is 0 Å². The van der Waals surface area contributed by atoms with Crippen LogP contribution in [0.3, 0.4) is 0 Å². The van der Waals surface area contributed by atoms with Gasteiger partial charge in [0.15, 0.2) is 0 Å². The second-order valence-electron chi connectivity index (χ2n) is 7.95. The summed E-state index contributed by atoms with van der Waals surface area (Å²) in [6, 6.07) is 20.0. The van der Waals surface area contributed by atoms with Crippen molar-refractivity contribution in [3.8, 4) is 11.6 Å². The lowest BCUT2D eigenvalue weighted by Gasteiger charge is -2.31. The average molecular weight is 451 g/mol. The van der Waals surface area contributed by atoms with Crippen LogP contribution in [-0.2, 0) is 17.8 Å². The van der Waals surface area contributed by atoms with Crippen molar-refractivity contribution in [2.75, 3.05) is 13.2 Å². The van der Waals surface area contributed by atoms with Crippen molar-refractivity contribution in [3.05, 3.63) is 89.6 Å². The molecule has 1 amide bonds. The Kier molecular flexibility index (Phi) is 8.80. The molecule has 7 heteroatoms. The first-order valence-electron chi connectivity index (χ1n) is 10.9. The van der Waals surface area contributed by atoms with Crippen LogP contribution in [0.5, 0.6) is 11.6 Å². The van der Waals surface area contributed by atoms with E-state index in [1.54, 1.807) is 13.1 Å². The summed E-state index contributed by atoms with van der Waals surface area (Å²) in [5, 5.41) is 19.9. The van der Waals surface area contributed by atoms with Gasteiger partial charge in [0, 0.05) is 11.8 Å². The molecule has 3 aromatic rings. The third-order valence-corrected chi connectivity index (χ3v) is 5.12. The van der Waals surface area contributed by atoms with Crippen LogP contribution in [-0.4, -0.2) is 51.5 Å². The maximum atomic E-state index is 12.8. The molecule has 0 saturated carbocycles. The molecule has 0 spiro atoms. The third-order valence-electron chi connectivity index (χ3n) is 5.12. The van der Waals surface area contributed by atoms with E-state index >= 15 is 0 Å². The van der Waals surface area contributed by atoms with Crippen molar-refractivity contribution in [1.82, 2.24) is 9.88 Å². The number of aromatic nitrogens is 1. The summed E-state index contributed by atoms with van der Waals surface area (Å²) in [4.78, 5) is 18.4. The Bertz CT molecular complexity index is 1010. The molecular formula is C26H30N2O5. The number of benzene rings is 2. The van der Waals surface area contributed by atoms with Gasteiger partial charge in [-0.3, -0.25) is 0 Å².